The third-order valence-electron chi connectivity index (χ3n) is 4.12. The Morgan fingerprint density at radius 3 is 2.67 bits per heavy atom. The van der Waals surface area contributed by atoms with Crippen molar-refractivity contribution in [1.82, 2.24) is 10.2 Å². The van der Waals surface area contributed by atoms with E-state index in [1.807, 2.05) is 6.92 Å². The maximum atomic E-state index is 12.9. The largest absolute Gasteiger partial charge is 0.354 e. The first kappa shape index (κ1) is 16.7. The number of hydrogen-bond donors (Lipinski definition) is 1. The van der Waals surface area contributed by atoms with E-state index in [4.69, 9.17) is 0 Å². The van der Waals surface area contributed by atoms with Crippen LogP contribution >= 0.6 is 11.8 Å². The molecule has 3 amide bonds. The van der Waals surface area contributed by atoms with Gasteiger partial charge in [0.2, 0.25) is 5.91 Å². The van der Waals surface area contributed by atoms with Crippen molar-refractivity contribution in [3.05, 3.63) is 40.6 Å². The minimum absolute atomic E-state index is 0.0173. The molecule has 5 nitrogen and oxygen atoms in total. The Morgan fingerprint density at radius 1 is 1.38 bits per heavy atom. The first-order valence-electron chi connectivity index (χ1n) is 7.74. The number of benzene rings is 1. The molecule has 7 heteroatoms. The van der Waals surface area contributed by atoms with Crippen LogP contribution in [0.4, 0.5) is 9.18 Å². The van der Waals surface area contributed by atoms with Gasteiger partial charge in [-0.05, 0) is 47.9 Å². The number of hydrogen-bond acceptors (Lipinski definition) is 4. The van der Waals surface area contributed by atoms with E-state index >= 15 is 0 Å². The molecule has 0 unspecified atom stereocenters. The van der Waals surface area contributed by atoms with Crippen LogP contribution in [0.15, 0.2) is 29.2 Å². The number of carbonyl (C=O) groups is 3. The normalized spacial score (nSPS) is 24.6. The monoisotopic (exact) mass is 348 g/mol. The number of thioether (sulfide) groups is 1. The number of nitrogens with one attached hydrogen (secondary N) is 1. The van der Waals surface area contributed by atoms with E-state index in [0.29, 0.717) is 16.4 Å². The Kier molecular flexibility index (Phi) is 4.71. The van der Waals surface area contributed by atoms with Gasteiger partial charge >= 0.3 is 0 Å². The van der Waals surface area contributed by atoms with Crippen LogP contribution in [0, 0.1) is 17.7 Å². The molecule has 0 bridgehead atoms. The fourth-order valence-corrected chi connectivity index (χ4v) is 3.38. The number of imide groups is 1. The Hall–Kier alpha value is -2.15. The molecular formula is C17H17FN2O3S. The SMILES string of the molecule is C[C@H]1C[C@H]1C(=O)NCCN1C(=O)S/C(=C\c2ccc(F)cc2)C1=O. The van der Waals surface area contributed by atoms with E-state index in [-0.39, 0.29) is 41.9 Å². The average molecular weight is 348 g/mol. The second-order valence-corrected chi connectivity index (χ2v) is 6.99. The molecule has 1 saturated heterocycles. The molecule has 1 N–H and O–H groups in total. The van der Waals surface area contributed by atoms with Gasteiger partial charge in [-0.25, -0.2) is 4.39 Å². The summed E-state index contributed by atoms with van der Waals surface area (Å²) in [6.45, 7) is 2.42. The fraction of sp³-hybridized carbons (Fsp3) is 0.353. The average Bonchev–Trinajstić information content (AvgIpc) is 3.22. The quantitative estimate of drug-likeness (QED) is 0.831. The lowest BCUT2D eigenvalue weighted by Gasteiger charge is -2.12. The molecule has 2 fully saturated rings. The molecule has 1 aromatic rings. The van der Waals surface area contributed by atoms with E-state index < -0.39 is 0 Å². The smallest absolute Gasteiger partial charge is 0.293 e. The van der Waals surface area contributed by atoms with Crippen LogP contribution in [0.5, 0.6) is 0 Å². The number of amides is 3. The molecular weight excluding hydrogens is 331 g/mol. The molecule has 0 aromatic heterocycles. The minimum atomic E-state index is -0.386. The van der Waals surface area contributed by atoms with E-state index in [1.165, 1.54) is 12.1 Å². The Labute approximate surface area is 143 Å². The summed E-state index contributed by atoms with van der Waals surface area (Å²) in [5.74, 6) is -0.278. The third kappa shape index (κ3) is 3.67. The van der Waals surface area contributed by atoms with Gasteiger partial charge in [0, 0.05) is 19.0 Å². The predicted octanol–water partition coefficient (Wildman–Crippen LogP) is 2.63. The zero-order chi connectivity index (χ0) is 17.3. The zero-order valence-electron chi connectivity index (χ0n) is 13.1. The molecule has 2 aliphatic rings. The highest BCUT2D eigenvalue weighted by molar-refractivity contribution is 8.18. The van der Waals surface area contributed by atoms with Gasteiger partial charge in [0.1, 0.15) is 5.82 Å². The Morgan fingerprint density at radius 2 is 2.04 bits per heavy atom. The van der Waals surface area contributed by atoms with Gasteiger partial charge in [-0.3, -0.25) is 19.3 Å². The van der Waals surface area contributed by atoms with Gasteiger partial charge in [-0.2, -0.15) is 0 Å². The molecule has 1 saturated carbocycles. The summed E-state index contributed by atoms with van der Waals surface area (Å²) in [5, 5.41) is 2.40. The van der Waals surface area contributed by atoms with Crippen LogP contribution in [-0.2, 0) is 9.59 Å². The van der Waals surface area contributed by atoms with Crippen molar-refractivity contribution in [2.75, 3.05) is 13.1 Å². The lowest BCUT2D eigenvalue weighted by Crippen LogP contribution is -2.37. The van der Waals surface area contributed by atoms with Crippen molar-refractivity contribution in [2.45, 2.75) is 13.3 Å². The summed E-state index contributed by atoms with van der Waals surface area (Å²) in [5.41, 5.74) is 0.651. The maximum absolute atomic E-state index is 12.9. The first-order valence-corrected chi connectivity index (χ1v) is 8.56. The number of carbonyl (C=O) groups excluding carboxylic acids is 3. The van der Waals surface area contributed by atoms with Crippen molar-refractivity contribution in [2.24, 2.45) is 11.8 Å². The van der Waals surface area contributed by atoms with Crippen molar-refractivity contribution in [1.29, 1.82) is 0 Å². The Balaban J connectivity index is 1.57. The molecule has 0 spiro atoms. The van der Waals surface area contributed by atoms with Crippen LogP contribution in [0.1, 0.15) is 18.9 Å². The van der Waals surface area contributed by atoms with Gasteiger partial charge in [0.05, 0.1) is 4.91 Å². The number of halogens is 1. The molecule has 126 valence electrons. The van der Waals surface area contributed by atoms with Crippen LogP contribution in [0.2, 0.25) is 0 Å². The zero-order valence-corrected chi connectivity index (χ0v) is 13.9. The number of nitrogens with zero attached hydrogens (tertiary/aromatic N) is 1. The number of rotatable bonds is 5. The maximum Gasteiger partial charge on any atom is 0.293 e. The van der Waals surface area contributed by atoms with Crippen molar-refractivity contribution < 1.29 is 18.8 Å². The van der Waals surface area contributed by atoms with Crippen molar-refractivity contribution in [3.63, 3.8) is 0 Å². The van der Waals surface area contributed by atoms with Gasteiger partial charge in [0.25, 0.3) is 11.1 Å². The molecule has 1 heterocycles. The fourth-order valence-electron chi connectivity index (χ4n) is 2.51. The van der Waals surface area contributed by atoms with Crippen molar-refractivity contribution in [3.8, 4) is 0 Å². The summed E-state index contributed by atoms with van der Waals surface area (Å²) in [6.07, 6.45) is 2.46. The lowest BCUT2D eigenvalue weighted by atomic mass is 10.2. The summed E-state index contributed by atoms with van der Waals surface area (Å²) < 4.78 is 12.9. The highest BCUT2D eigenvalue weighted by Gasteiger charge is 2.39. The minimum Gasteiger partial charge on any atom is -0.354 e. The highest BCUT2D eigenvalue weighted by atomic mass is 32.2. The summed E-state index contributed by atoms with van der Waals surface area (Å²) in [6, 6.07) is 5.68. The summed E-state index contributed by atoms with van der Waals surface area (Å²) >= 11 is 0.851. The standard InChI is InChI=1S/C17H17FN2O3S/c1-10-8-13(10)15(21)19-6-7-20-16(22)14(24-17(20)23)9-11-2-4-12(18)5-3-11/h2-5,9-10,13H,6-8H2,1H3,(H,19,21)/b14-9-/t10-,13+/m0/s1. The second kappa shape index (κ2) is 6.76. The van der Waals surface area contributed by atoms with Crippen LogP contribution in [0.25, 0.3) is 6.08 Å². The van der Waals surface area contributed by atoms with Crippen LogP contribution in [0.3, 0.4) is 0 Å². The Bertz CT molecular complexity index is 717. The molecule has 1 aliphatic heterocycles. The van der Waals surface area contributed by atoms with Crippen LogP contribution < -0.4 is 5.32 Å². The third-order valence-corrected chi connectivity index (χ3v) is 5.03. The topological polar surface area (TPSA) is 66.5 Å². The van der Waals surface area contributed by atoms with E-state index in [1.54, 1.807) is 18.2 Å². The van der Waals surface area contributed by atoms with E-state index in [0.717, 1.165) is 23.1 Å². The molecule has 1 aliphatic carbocycles. The van der Waals surface area contributed by atoms with E-state index in [2.05, 4.69) is 5.32 Å². The molecule has 2 atom stereocenters. The molecule has 0 radical (unpaired) electrons. The second-order valence-electron chi connectivity index (χ2n) is 6.00. The highest BCUT2D eigenvalue weighted by Crippen LogP contribution is 2.37. The van der Waals surface area contributed by atoms with Gasteiger partial charge < -0.3 is 5.32 Å². The summed E-state index contributed by atoms with van der Waals surface area (Å²) in [4.78, 5) is 37.4. The van der Waals surface area contributed by atoms with Crippen LogP contribution in [-0.4, -0.2) is 35.0 Å². The molecule has 1 aromatic carbocycles. The molecule has 24 heavy (non-hydrogen) atoms. The molecule has 3 rings (SSSR count). The lowest BCUT2D eigenvalue weighted by molar-refractivity contribution is -0.125. The summed E-state index contributed by atoms with van der Waals surface area (Å²) in [7, 11) is 0. The van der Waals surface area contributed by atoms with Crippen molar-refractivity contribution >= 4 is 34.9 Å². The van der Waals surface area contributed by atoms with E-state index in [9.17, 15) is 18.8 Å². The first-order chi connectivity index (χ1) is 11.5. The predicted molar refractivity (Wildman–Crippen MR) is 89.4 cm³/mol. The van der Waals surface area contributed by atoms with Gasteiger partial charge in [-0.15, -0.1) is 0 Å². The van der Waals surface area contributed by atoms with Gasteiger partial charge in [0.15, 0.2) is 0 Å². The van der Waals surface area contributed by atoms with Gasteiger partial charge in [-0.1, -0.05) is 19.1 Å².